The summed E-state index contributed by atoms with van der Waals surface area (Å²) in [6.07, 6.45) is 3.25. The van der Waals surface area contributed by atoms with Crippen molar-refractivity contribution in [1.29, 1.82) is 0 Å². The molecule has 0 saturated carbocycles. The van der Waals surface area contributed by atoms with Gasteiger partial charge < -0.3 is 9.72 Å². The third-order valence-electron chi connectivity index (χ3n) is 4.38. The fourth-order valence-corrected chi connectivity index (χ4v) is 2.92. The van der Waals surface area contributed by atoms with Crippen LogP contribution in [0.3, 0.4) is 0 Å². The molecule has 1 N–H and O–H groups in total. The van der Waals surface area contributed by atoms with Crippen molar-refractivity contribution in [3.63, 3.8) is 0 Å². The molecule has 2 aromatic carbocycles. The Morgan fingerprint density at radius 1 is 1.12 bits per heavy atom. The van der Waals surface area contributed by atoms with Gasteiger partial charge in [0, 0.05) is 22.7 Å². The van der Waals surface area contributed by atoms with Gasteiger partial charge in [-0.2, -0.15) is 0 Å². The second-order valence-electron chi connectivity index (χ2n) is 7.45. The van der Waals surface area contributed by atoms with E-state index in [9.17, 15) is 4.79 Å². The third-order valence-corrected chi connectivity index (χ3v) is 4.38. The zero-order valence-electron chi connectivity index (χ0n) is 15.8. The lowest BCUT2D eigenvalue weighted by molar-refractivity contribution is -0.137. The molecule has 0 unspecified atom stereocenters. The average molecular weight is 347 g/mol. The lowest BCUT2D eigenvalue weighted by Crippen LogP contribution is -2.10. The molecule has 3 heteroatoms. The number of H-pyrrole nitrogens is 1. The van der Waals surface area contributed by atoms with E-state index in [4.69, 9.17) is 4.74 Å². The number of esters is 1. The lowest BCUT2D eigenvalue weighted by Gasteiger charge is -2.19. The Labute approximate surface area is 154 Å². The number of fused-ring (bicyclic) bond motifs is 1. The zero-order chi connectivity index (χ0) is 18.7. The van der Waals surface area contributed by atoms with E-state index in [0.717, 1.165) is 22.2 Å². The van der Waals surface area contributed by atoms with Gasteiger partial charge in [0.15, 0.2) is 0 Å². The number of hydrogen-bond acceptors (Lipinski definition) is 2. The summed E-state index contributed by atoms with van der Waals surface area (Å²) >= 11 is 0. The molecule has 1 heterocycles. The van der Waals surface area contributed by atoms with Crippen molar-refractivity contribution in [2.24, 2.45) is 0 Å². The third kappa shape index (κ3) is 4.05. The van der Waals surface area contributed by atoms with Crippen LogP contribution in [0.1, 0.15) is 38.8 Å². The van der Waals surface area contributed by atoms with E-state index < -0.39 is 0 Å². The van der Waals surface area contributed by atoms with Crippen LogP contribution < -0.4 is 0 Å². The van der Waals surface area contributed by atoms with Crippen LogP contribution in [0.5, 0.6) is 0 Å². The van der Waals surface area contributed by atoms with Gasteiger partial charge in [-0.15, -0.1) is 0 Å². The molecule has 0 aliphatic rings. The molecule has 0 bridgehead atoms. The smallest absolute Gasteiger partial charge is 0.330 e. The van der Waals surface area contributed by atoms with Crippen LogP contribution in [0, 0.1) is 0 Å². The van der Waals surface area contributed by atoms with Crippen molar-refractivity contribution in [1.82, 2.24) is 4.98 Å². The summed E-state index contributed by atoms with van der Waals surface area (Å²) in [5.41, 5.74) is 5.75. The summed E-state index contributed by atoms with van der Waals surface area (Å²) in [5, 5.41) is 1.12. The van der Waals surface area contributed by atoms with Gasteiger partial charge in [0.25, 0.3) is 0 Å². The molecule has 0 radical (unpaired) electrons. The normalized spacial score (nSPS) is 12.0. The highest BCUT2D eigenvalue weighted by Gasteiger charge is 2.14. The van der Waals surface area contributed by atoms with Crippen LogP contribution in [0.25, 0.3) is 28.2 Å². The highest BCUT2D eigenvalue weighted by atomic mass is 16.5. The molecule has 0 fully saturated rings. The van der Waals surface area contributed by atoms with E-state index in [1.807, 2.05) is 12.1 Å². The highest BCUT2D eigenvalue weighted by Crippen LogP contribution is 2.29. The minimum Gasteiger partial charge on any atom is -0.463 e. The highest BCUT2D eigenvalue weighted by molar-refractivity contribution is 5.90. The summed E-state index contributed by atoms with van der Waals surface area (Å²) in [5.74, 6) is -0.318. The summed E-state index contributed by atoms with van der Waals surface area (Å²) in [7, 11) is 0. The van der Waals surface area contributed by atoms with E-state index in [0.29, 0.717) is 6.61 Å². The minimum absolute atomic E-state index is 0.118. The molecule has 0 spiro atoms. The van der Waals surface area contributed by atoms with Crippen LogP contribution in [0.2, 0.25) is 0 Å². The fourth-order valence-electron chi connectivity index (χ4n) is 2.92. The second kappa shape index (κ2) is 7.20. The van der Waals surface area contributed by atoms with E-state index in [1.165, 1.54) is 17.2 Å². The Morgan fingerprint density at radius 2 is 1.92 bits per heavy atom. The molecule has 26 heavy (non-hydrogen) atoms. The number of nitrogens with one attached hydrogen (secondary N) is 1. The quantitative estimate of drug-likeness (QED) is 0.485. The standard InChI is InChI=1S/C23H25NO2/c1-5-26-22(25)12-10-16-9-11-20-18(13-16)15-21(24-20)17-7-6-8-19(14-17)23(2,3)4/h6-15,24H,5H2,1-4H3/b12-10+. The molecule has 3 rings (SSSR count). The Hall–Kier alpha value is -2.81. The van der Waals surface area contributed by atoms with Gasteiger partial charge in [-0.1, -0.05) is 45.0 Å². The molecule has 3 nitrogen and oxygen atoms in total. The van der Waals surface area contributed by atoms with Crippen molar-refractivity contribution in [3.8, 4) is 11.3 Å². The van der Waals surface area contributed by atoms with Crippen molar-refractivity contribution >= 4 is 22.9 Å². The Morgan fingerprint density at radius 3 is 2.65 bits per heavy atom. The first kappa shape index (κ1) is 18.0. The van der Waals surface area contributed by atoms with Crippen LogP contribution in [0.15, 0.2) is 54.6 Å². The number of ether oxygens (including phenoxy) is 1. The molecule has 0 aliphatic carbocycles. The van der Waals surface area contributed by atoms with Gasteiger partial charge in [0.2, 0.25) is 0 Å². The first-order chi connectivity index (χ1) is 12.4. The van der Waals surface area contributed by atoms with Gasteiger partial charge in [-0.05, 0) is 59.4 Å². The predicted molar refractivity (Wildman–Crippen MR) is 108 cm³/mol. The molecule has 0 aliphatic heterocycles. The Bertz CT molecular complexity index is 958. The van der Waals surface area contributed by atoms with Crippen LogP contribution in [-0.2, 0) is 14.9 Å². The molecular formula is C23H25NO2. The molecule has 0 atom stereocenters. The van der Waals surface area contributed by atoms with Crippen LogP contribution in [0.4, 0.5) is 0 Å². The zero-order valence-corrected chi connectivity index (χ0v) is 15.8. The maximum atomic E-state index is 11.5. The summed E-state index contributed by atoms with van der Waals surface area (Å²) in [6.45, 7) is 8.85. The maximum Gasteiger partial charge on any atom is 0.330 e. The largest absolute Gasteiger partial charge is 0.463 e. The lowest BCUT2D eigenvalue weighted by atomic mass is 9.86. The monoisotopic (exact) mass is 347 g/mol. The van der Waals surface area contributed by atoms with Crippen molar-refractivity contribution in [3.05, 3.63) is 65.7 Å². The van der Waals surface area contributed by atoms with E-state index >= 15 is 0 Å². The summed E-state index contributed by atoms with van der Waals surface area (Å²) in [4.78, 5) is 15.0. The number of aromatic amines is 1. The topological polar surface area (TPSA) is 42.1 Å². The summed E-state index contributed by atoms with van der Waals surface area (Å²) in [6, 6.07) is 16.9. The van der Waals surface area contributed by atoms with Crippen molar-refractivity contribution in [2.45, 2.75) is 33.1 Å². The van der Waals surface area contributed by atoms with Crippen LogP contribution >= 0.6 is 0 Å². The Balaban J connectivity index is 1.92. The number of aromatic nitrogens is 1. The van der Waals surface area contributed by atoms with E-state index in [-0.39, 0.29) is 11.4 Å². The van der Waals surface area contributed by atoms with Gasteiger partial charge in [0.05, 0.1) is 6.61 Å². The average Bonchev–Trinajstić information content (AvgIpc) is 3.03. The van der Waals surface area contributed by atoms with Crippen LogP contribution in [-0.4, -0.2) is 17.6 Å². The molecule has 1 aromatic heterocycles. The van der Waals surface area contributed by atoms with Crippen molar-refractivity contribution < 1.29 is 9.53 Å². The second-order valence-corrected chi connectivity index (χ2v) is 7.45. The number of carbonyl (C=O) groups is 1. The molecule has 0 amide bonds. The van der Waals surface area contributed by atoms with Crippen molar-refractivity contribution in [2.75, 3.05) is 6.61 Å². The maximum absolute atomic E-state index is 11.5. The van der Waals surface area contributed by atoms with Gasteiger partial charge >= 0.3 is 5.97 Å². The minimum atomic E-state index is -0.318. The number of carbonyl (C=O) groups excluding carboxylic acids is 1. The van der Waals surface area contributed by atoms with Gasteiger partial charge in [-0.3, -0.25) is 0 Å². The number of benzene rings is 2. The van der Waals surface area contributed by atoms with Gasteiger partial charge in [-0.25, -0.2) is 4.79 Å². The molecule has 3 aromatic rings. The van der Waals surface area contributed by atoms with E-state index in [1.54, 1.807) is 13.0 Å². The summed E-state index contributed by atoms with van der Waals surface area (Å²) < 4.78 is 4.92. The number of rotatable bonds is 4. The van der Waals surface area contributed by atoms with E-state index in [2.05, 4.69) is 62.2 Å². The molecule has 0 saturated heterocycles. The van der Waals surface area contributed by atoms with Gasteiger partial charge in [0.1, 0.15) is 0 Å². The predicted octanol–water partition coefficient (Wildman–Crippen LogP) is 5.71. The SMILES string of the molecule is CCOC(=O)/C=C/c1ccc2[nH]c(-c3cccc(C(C)(C)C)c3)cc2c1. The Kier molecular flexibility index (Phi) is 4.99. The number of hydrogen-bond donors (Lipinski definition) is 1. The molecule has 134 valence electrons. The fraction of sp³-hybridized carbons (Fsp3) is 0.261. The first-order valence-electron chi connectivity index (χ1n) is 8.95. The first-order valence-corrected chi connectivity index (χ1v) is 8.95. The molecular weight excluding hydrogens is 322 g/mol.